The maximum absolute atomic E-state index is 8.35. The van der Waals surface area contributed by atoms with Gasteiger partial charge in [-0.3, -0.25) is 0 Å². The summed E-state index contributed by atoms with van der Waals surface area (Å²) in [6.45, 7) is 4.80. The van der Waals surface area contributed by atoms with Gasteiger partial charge in [0.15, 0.2) is 0 Å². The lowest BCUT2D eigenvalue weighted by molar-refractivity contribution is 0.346. The van der Waals surface area contributed by atoms with E-state index >= 15 is 0 Å². The highest BCUT2D eigenvalue weighted by atomic mass is 16.1. The largest absolute Gasteiger partial charge is 0.317 e. The fraction of sp³-hybridized carbons (Fsp3) is 0.818. The second-order valence-corrected chi connectivity index (χ2v) is 3.54. The molecule has 0 aromatic heterocycles. The molecule has 16 heavy (non-hydrogen) atoms. The van der Waals surface area contributed by atoms with Gasteiger partial charge in [0.2, 0.25) is 12.2 Å². The number of nitrogens with one attached hydrogen (secondary N) is 3. The Hall–Kier alpha value is -1.28. The molecule has 5 heteroatoms. The number of hydrogen-bond donors (Lipinski definition) is 3. The first-order chi connectivity index (χ1) is 7.76. The van der Waals surface area contributed by atoms with E-state index < -0.39 is 0 Å². The second-order valence-electron chi connectivity index (χ2n) is 3.54. The van der Waals surface area contributed by atoms with E-state index in [0.717, 1.165) is 18.1 Å². The predicted octanol–water partition coefficient (Wildman–Crippen LogP) is 1.98. The molecule has 0 saturated carbocycles. The van der Waals surface area contributed by atoms with Crippen LogP contribution in [0.5, 0.6) is 0 Å². The SMILES string of the molecule is CCCCC1CCNCC1.N=C=O.N=C=O. The zero-order valence-corrected chi connectivity index (χ0v) is 9.84. The van der Waals surface area contributed by atoms with Crippen molar-refractivity contribution in [2.45, 2.75) is 39.0 Å². The Bertz CT molecular complexity index is 189. The van der Waals surface area contributed by atoms with Crippen LogP contribution in [0.2, 0.25) is 0 Å². The number of rotatable bonds is 3. The first kappa shape index (κ1) is 17.1. The van der Waals surface area contributed by atoms with Gasteiger partial charge in [-0.05, 0) is 31.8 Å². The average molecular weight is 227 g/mol. The Kier molecular flexibility index (Phi) is 17.3. The Morgan fingerprint density at radius 2 is 1.62 bits per heavy atom. The van der Waals surface area contributed by atoms with E-state index in [1.165, 1.54) is 45.2 Å². The highest BCUT2D eigenvalue weighted by Gasteiger charge is 2.11. The molecular weight excluding hydrogens is 206 g/mol. The van der Waals surface area contributed by atoms with Crippen LogP contribution in [-0.2, 0) is 9.59 Å². The number of piperidine rings is 1. The van der Waals surface area contributed by atoms with Crippen LogP contribution in [0.1, 0.15) is 39.0 Å². The van der Waals surface area contributed by atoms with E-state index in [-0.39, 0.29) is 0 Å². The van der Waals surface area contributed by atoms with Crippen LogP contribution < -0.4 is 5.32 Å². The maximum Gasteiger partial charge on any atom is 0.231 e. The Morgan fingerprint density at radius 1 is 1.19 bits per heavy atom. The lowest BCUT2D eigenvalue weighted by Gasteiger charge is -2.21. The number of carbonyl (C=O) groups excluding carboxylic acids is 2. The molecule has 1 saturated heterocycles. The number of isocyanates is 2. The van der Waals surface area contributed by atoms with Crippen molar-refractivity contribution in [2.75, 3.05) is 13.1 Å². The van der Waals surface area contributed by atoms with E-state index in [2.05, 4.69) is 12.2 Å². The van der Waals surface area contributed by atoms with Gasteiger partial charge in [-0.25, -0.2) is 20.4 Å². The summed E-state index contributed by atoms with van der Waals surface area (Å²) in [7, 11) is 0. The first-order valence-electron chi connectivity index (χ1n) is 5.55. The molecule has 1 fully saturated rings. The summed E-state index contributed by atoms with van der Waals surface area (Å²) in [6, 6.07) is 0. The first-order valence-corrected chi connectivity index (χ1v) is 5.55. The van der Waals surface area contributed by atoms with Crippen LogP contribution in [0.15, 0.2) is 0 Å². The van der Waals surface area contributed by atoms with Gasteiger partial charge in [0.1, 0.15) is 0 Å². The third-order valence-electron chi connectivity index (χ3n) is 2.42. The van der Waals surface area contributed by atoms with E-state index in [1.807, 2.05) is 0 Å². The van der Waals surface area contributed by atoms with E-state index in [4.69, 9.17) is 20.4 Å². The third-order valence-corrected chi connectivity index (χ3v) is 2.42. The van der Waals surface area contributed by atoms with Gasteiger partial charge in [-0.2, -0.15) is 0 Å². The summed E-state index contributed by atoms with van der Waals surface area (Å²) < 4.78 is 0. The lowest BCUT2D eigenvalue weighted by atomic mass is 9.93. The molecule has 0 aromatic carbocycles. The smallest absolute Gasteiger partial charge is 0.231 e. The average Bonchev–Trinajstić information content (AvgIpc) is 2.30. The van der Waals surface area contributed by atoms with Crippen molar-refractivity contribution in [1.82, 2.24) is 5.32 Å². The van der Waals surface area contributed by atoms with Crippen molar-refractivity contribution in [3.63, 3.8) is 0 Å². The summed E-state index contributed by atoms with van der Waals surface area (Å²) in [5, 5.41) is 14.2. The molecule has 92 valence electrons. The minimum atomic E-state index is 0.750. The maximum atomic E-state index is 8.35. The van der Waals surface area contributed by atoms with Crippen LogP contribution >= 0.6 is 0 Å². The van der Waals surface area contributed by atoms with Crippen LogP contribution in [0, 0.1) is 16.7 Å². The molecule has 0 aromatic rings. The normalized spacial score (nSPS) is 14.3. The second kappa shape index (κ2) is 16.2. The van der Waals surface area contributed by atoms with Crippen molar-refractivity contribution in [3.8, 4) is 0 Å². The molecule has 1 aliphatic rings. The van der Waals surface area contributed by atoms with Crippen molar-refractivity contribution in [2.24, 2.45) is 5.92 Å². The lowest BCUT2D eigenvalue weighted by Crippen LogP contribution is -2.27. The minimum Gasteiger partial charge on any atom is -0.317 e. The van der Waals surface area contributed by atoms with Gasteiger partial charge in [-0.1, -0.05) is 26.2 Å². The summed E-state index contributed by atoms with van der Waals surface area (Å²) in [4.78, 5) is 16.7. The minimum absolute atomic E-state index is 0.750. The van der Waals surface area contributed by atoms with E-state index in [9.17, 15) is 0 Å². The number of unbranched alkanes of at least 4 members (excludes halogenated alkanes) is 1. The van der Waals surface area contributed by atoms with Crippen molar-refractivity contribution in [1.29, 1.82) is 10.8 Å². The quantitative estimate of drug-likeness (QED) is 0.508. The van der Waals surface area contributed by atoms with Gasteiger partial charge in [-0.15, -0.1) is 0 Å². The van der Waals surface area contributed by atoms with Crippen LogP contribution in [0.3, 0.4) is 0 Å². The molecule has 1 heterocycles. The van der Waals surface area contributed by atoms with E-state index in [0.29, 0.717) is 0 Å². The molecule has 0 bridgehead atoms. The van der Waals surface area contributed by atoms with Gasteiger partial charge in [0.25, 0.3) is 0 Å². The molecule has 3 N–H and O–H groups in total. The molecule has 1 rings (SSSR count). The van der Waals surface area contributed by atoms with Gasteiger partial charge >= 0.3 is 0 Å². The Labute approximate surface area is 96.6 Å². The zero-order valence-electron chi connectivity index (χ0n) is 9.84. The molecule has 0 unspecified atom stereocenters. The van der Waals surface area contributed by atoms with Crippen LogP contribution in [0.25, 0.3) is 0 Å². The molecular formula is C11H21N3O2. The van der Waals surface area contributed by atoms with Crippen molar-refractivity contribution < 1.29 is 9.59 Å². The van der Waals surface area contributed by atoms with Gasteiger partial charge in [0.05, 0.1) is 0 Å². The standard InChI is InChI=1S/C9H19N.2CHNO/c1-2-3-4-9-5-7-10-8-6-9;2*2-1-3/h9-10H,2-8H2,1H3;2*2H. The van der Waals surface area contributed by atoms with Crippen molar-refractivity contribution in [3.05, 3.63) is 0 Å². The Balaban J connectivity index is 0. The summed E-state index contributed by atoms with van der Waals surface area (Å²) in [5.74, 6) is 1.04. The molecule has 0 spiro atoms. The fourth-order valence-corrected chi connectivity index (χ4v) is 1.66. The molecule has 0 amide bonds. The highest BCUT2D eigenvalue weighted by molar-refractivity contribution is 5.26. The number of hydrogen-bond acceptors (Lipinski definition) is 5. The third kappa shape index (κ3) is 15.2. The highest BCUT2D eigenvalue weighted by Crippen LogP contribution is 2.17. The van der Waals surface area contributed by atoms with E-state index in [1.54, 1.807) is 0 Å². The predicted molar refractivity (Wildman–Crippen MR) is 61.9 cm³/mol. The monoisotopic (exact) mass is 227 g/mol. The topological polar surface area (TPSA) is 93.9 Å². The van der Waals surface area contributed by atoms with Crippen LogP contribution in [-0.4, -0.2) is 25.2 Å². The van der Waals surface area contributed by atoms with Crippen molar-refractivity contribution >= 4 is 12.2 Å². The molecule has 1 aliphatic heterocycles. The van der Waals surface area contributed by atoms with Crippen LogP contribution in [0.4, 0.5) is 0 Å². The molecule has 0 radical (unpaired) electrons. The van der Waals surface area contributed by atoms with Gasteiger partial charge in [0, 0.05) is 0 Å². The molecule has 0 atom stereocenters. The van der Waals surface area contributed by atoms with Gasteiger partial charge < -0.3 is 5.32 Å². The summed E-state index contributed by atoms with van der Waals surface area (Å²) >= 11 is 0. The zero-order chi connectivity index (χ0) is 12.6. The molecule has 0 aliphatic carbocycles. The summed E-state index contributed by atoms with van der Waals surface area (Å²) in [5.41, 5.74) is 0. The fourth-order valence-electron chi connectivity index (χ4n) is 1.66. The Morgan fingerprint density at radius 3 is 2.00 bits per heavy atom. The molecule has 5 nitrogen and oxygen atoms in total. The summed E-state index contributed by atoms with van der Waals surface area (Å²) in [6.07, 6.45) is 8.60.